The molecular formula is C25H29NO6S. The Morgan fingerprint density at radius 2 is 1.67 bits per heavy atom. The molecule has 1 aliphatic rings. The standard InChI is InChI=1S/C25H29NO6S/c1-3-4-17-31-23-9-11-24(12-10-23)33(28,29)32-25(27)18-20-13-15-26(16-14-20)19-21-5-7-22(30-2)8-6-21/h5-12,20H,13-19H2,1-2H3. The van der Waals surface area contributed by atoms with E-state index in [1.54, 1.807) is 14.0 Å². The van der Waals surface area contributed by atoms with Crippen LogP contribution in [-0.4, -0.2) is 46.1 Å². The second-order valence-corrected chi connectivity index (χ2v) is 9.41. The average Bonchev–Trinajstić information content (AvgIpc) is 2.81. The van der Waals surface area contributed by atoms with Gasteiger partial charge >= 0.3 is 16.1 Å². The van der Waals surface area contributed by atoms with Crippen LogP contribution >= 0.6 is 0 Å². The smallest absolute Gasteiger partial charge is 0.341 e. The van der Waals surface area contributed by atoms with Gasteiger partial charge in [-0.15, -0.1) is 5.92 Å². The van der Waals surface area contributed by atoms with Crippen molar-refractivity contribution in [2.24, 2.45) is 5.92 Å². The van der Waals surface area contributed by atoms with Gasteiger partial charge in [0.1, 0.15) is 23.0 Å². The largest absolute Gasteiger partial charge is 0.497 e. The maximum atomic E-state index is 12.4. The summed E-state index contributed by atoms with van der Waals surface area (Å²) in [6.07, 6.45) is 1.72. The first-order chi connectivity index (χ1) is 15.9. The van der Waals surface area contributed by atoms with Crippen LogP contribution in [0.1, 0.15) is 31.7 Å². The van der Waals surface area contributed by atoms with E-state index in [1.807, 2.05) is 24.3 Å². The summed E-state index contributed by atoms with van der Waals surface area (Å²) in [6.45, 7) is 4.46. The van der Waals surface area contributed by atoms with Gasteiger partial charge in [0.05, 0.1) is 7.11 Å². The van der Waals surface area contributed by atoms with Gasteiger partial charge in [-0.1, -0.05) is 18.1 Å². The second-order valence-electron chi connectivity index (χ2n) is 7.87. The predicted octanol–water partition coefficient (Wildman–Crippen LogP) is 3.63. The van der Waals surface area contributed by atoms with Crippen molar-refractivity contribution in [2.45, 2.75) is 37.6 Å². The minimum absolute atomic E-state index is 0.0842. The molecule has 1 heterocycles. The van der Waals surface area contributed by atoms with Crippen molar-refractivity contribution in [1.82, 2.24) is 4.90 Å². The molecular weight excluding hydrogens is 442 g/mol. The van der Waals surface area contributed by atoms with Crippen LogP contribution < -0.4 is 9.47 Å². The molecule has 0 N–H and O–H groups in total. The second kappa shape index (κ2) is 11.7. The number of piperidine rings is 1. The third-order valence-corrected chi connectivity index (χ3v) is 6.79. The highest BCUT2D eigenvalue weighted by Gasteiger charge is 2.26. The zero-order valence-electron chi connectivity index (χ0n) is 19.0. The zero-order chi connectivity index (χ0) is 23.7. The lowest BCUT2D eigenvalue weighted by molar-refractivity contribution is -0.135. The van der Waals surface area contributed by atoms with Gasteiger partial charge in [-0.05, 0) is 80.7 Å². The molecule has 0 aliphatic carbocycles. The lowest BCUT2D eigenvalue weighted by Crippen LogP contribution is -2.34. The Labute approximate surface area is 195 Å². The number of carbonyl (C=O) groups is 1. The van der Waals surface area contributed by atoms with Crippen LogP contribution in [0.15, 0.2) is 53.4 Å². The topological polar surface area (TPSA) is 82.1 Å². The van der Waals surface area contributed by atoms with E-state index in [2.05, 4.69) is 16.7 Å². The molecule has 3 rings (SSSR count). The summed E-state index contributed by atoms with van der Waals surface area (Å²) in [7, 11) is -2.52. The summed E-state index contributed by atoms with van der Waals surface area (Å²) in [4.78, 5) is 14.6. The molecule has 0 amide bonds. The summed E-state index contributed by atoms with van der Waals surface area (Å²) >= 11 is 0. The Morgan fingerprint density at radius 1 is 1.03 bits per heavy atom. The first-order valence-electron chi connectivity index (χ1n) is 10.8. The molecule has 2 aromatic carbocycles. The summed E-state index contributed by atoms with van der Waals surface area (Å²) in [6, 6.07) is 13.7. The van der Waals surface area contributed by atoms with E-state index >= 15 is 0 Å². The van der Waals surface area contributed by atoms with Crippen molar-refractivity contribution in [3.8, 4) is 23.3 Å². The predicted molar refractivity (Wildman–Crippen MR) is 124 cm³/mol. The Morgan fingerprint density at radius 3 is 2.27 bits per heavy atom. The van der Waals surface area contributed by atoms with Gasteiger partial charge in [0.15, 0.2) is 0 Å². The van der Waals surface area contributed by atoms with Gasteiger partial charge in [0.25, 0.3) is 0 Å². The number of ether oxygens (including phenoxy) is 2. The van der Waals surface area contributed by atoms with E-state index in [9.17, 15) is 13.2 Å². The van der Waals surface area contributed by atoms with Gasteiger partial charge in [-0.25, -0.2) is 0 Å². The van der Waals surface area contributed by atoms with Gasteiger partial charge < -0.3 is 13.7 Å². The van der Waals surface area contributed by atoms with Gasteiger partial charge in [0, 0.05) is 13.0 Å². The lowest BCUT2D eigenvalue weighted by Gasteiger charge is -2.31. The van der Waals surface area contributed by atoms with Crippen molar-refractivity contribution >= 4 is 16.1 Å². The van der Waals surface area contributed by atoms with E-state index < -0.39 is 16.1 Å². The number of hydrogen-bond donors (Lipinski definition) is 0. The minimum Gasteiger partial charge on any atom is -0.497 e. The molecule has 176 valence electrons. The number of hydrogen-bond acceptors (Lipinski definition) is 7. The van der Waals surface area contributed by atoms with E-state index in [-0.39, 0.29) is 23.8 Å². The van der Waals surface area contributed by atoms with E-state index in [4.69, 9.17) is 13.7 Å². The summed E-state index contributed by atoms with van der Waals surface area (Å²) in [5, 5.41) is 0. The SMILES string of the molecule is CC#CCOc1ccc(S(=O)(=O)OC(=O)CC2CCN(Cc3ccc(OC)cc3)CC2)cc1. The van der Waals surface area contributed by atoms with Crippen molar-refractivity contribution in [2.75, 3.05) is 26.8 Å². The molecule has 1 saturated heterocycles. The Hall–Kier alpha value is -3.02. The highest BCUT2D eigenvalue weighted by molar-refractivity contribution is 7.87. The number of likely N-dealkylation sites (tertiary alicyclic amines) is 1. The van der Waals surface area contributed by atoms with Crippen LogP contribution in [0.2, 0.25) is 0 Å². The van der Waals surface area contributed by atoms with Gasteiger partial charge in [-0.3, -0.25) is 9.69 Å². The molecule has 0 unspecified atom stereocenters. The normalized spacial score (nSPS) is 14.7. The van der Waals surface area contributed by atoms with Crippen LogP contribution in [0.3, 0.4) is 0 Å². The fourth-order valence-electron chi connectivity index (χ4n) is 3.67. The molecule has 0 radical (unpaired) electrons. The Bertz CT molecular complexity index is 1080. The number of carbonyl (C=O) groups excluding carboxylic acids is 1. The molecule has 0 atom stereocenters. The van der Waals surface area contributed by atoms with Gasteiger partial charge in [0.2, 0.25) is 0 Å². The third kappa shape index (κ3) is 7.52. The van der Waals surface area contributed by atoms with Gasteiger partial charge in [-0.2, -0.15) is 8.42 Å². The molecule has 33 heavy (non-hydrogen) atoms. The molecule has 0 bridgehead atoms. The van der Waals surface area contributed by atoms with Crippen LogP contribution in [0, 0.1) is 17.8 Å². The molecule has 7 nitrogen and oxygen atoms in total. The Kier molecular flexibility index (Phi) is 8.75. The number of benzene rings is 2. The van der Waals surface area contributed by atoms with Crippen LogP contribution in [0.4, 0.5) is 0 Å². The maximum Gasteiger partial charge on any atom is 0.341 e. The van der Waals surface area contributed by atoms with Crippen molar-refractivity contribution in [3.63, 3.8) is 0 Å². The molecule has 8 heteroatoms. The summed E-state index contributed by atoms with van der Waals surface area (Å²) in [5.74, 6) is 6.18. The molecule has 2 aromatic rings. The Balaban J connectivity index is 1.44. The zero-order valence-corrected chi connectivity index (χ0v) is 19.8. The quantitative estimate of drug-likeness (QED) is 0.408. The summed E-state index contributed by atoms with van der Waals surface area (Å²) < 4.78 is 40.3. The highest BCUT2D eigenvalue weighted by atomic mass is 32.2. The van der Waals surface area contributed by atoms with Crippen molar-refractivity contribution < 1.29 is 26.9 Å². The molecule has 0 spiro atoms. The summed E-state index contributed by atoms with van der Waals surface area (Å²) in [5.41, 5.74) is 1.20. The van der Waals surface area contributed by atoms with Crippen molar-refractivity contribution in [1.29, 1.82) is 0 Å². The monoisotopic (exact) mass is 471 g/mol. The lowest BCUT2D eigenvalue weighted by atomic mass is 9.93. The first kappa shape index (κ1) is 24.6. The maximum absolute atomic E-state index is 12.4. The van der Waals surface area contributed by atoms with Crippen LogP contribution in [-0.2, 0) is 25.6 Å². The average molecular weight is 472 g/mol. The molecule has 1 aliphatic heterocycles. The number of nitrogens with zero attached hydrogens (tertiary/aromatic N) is 1. The van der Waals surface area contributed by atoms with E-state index in [1.165, 1.54) is 29.8 Å². The molecule has 1 fully saturated rings. The fourth-order valence-corrected chi connectivity index (χ4v) is 4.55. The number of methoxy groups -OCH3 is 1. The van der Waals surface area contributed by atoms with E-state index in [0.717, 1.165) is 38.2 Å². The number of rotatable bonds is 9. The van der Waals surface area contributed by atoms with Crippen LogP contribution in [0.5, 0.6) is 11.5 Å². The minimum atomic E-state index is -4.16. The third-order valence-electron chi connectivity index (χ3n) is 5.53. The van der Waals surface area contributed by atoms with Crippen molar-refractivity contribution in [3.05, 3.63) is 54.1 Å². The molecule has 0 aromatic heterocycles. The van der Waals surface area contributed by atoms with E-state index in [0.29, 0.717) is 5.75 Å². The first-order valence-corrected chi connectivity index (χ1v) is 12.3. The molecule has 0 saturated carbocycles. The van der Waals surface area contributed by atoms with Crippen LogP contribution in [0.25, 0.3) is 0 Å². The fraction of sp³-hybridized carbons (Fsp3) is 0.400. The highest BCUT2D eigenvalue weighted by Crippen LogP contribution is 2.24.